The van der Waals surface area contributed by atoms with Crippen molar-refractivity contribution >= 4 is 64.3 Å². The number of pyridine rings is 3. The van der Waals surface area contributed by atoms with Gasteiger partial charge >= 0.3 is 17.9 Å². The Bertz CT molecular complexity index is 4480. The molecule has 10 aromatic rings. The zero-order valence-corrected chi connectivity index (χ0v) is 43.3. The van der Waals surface area contributed by atoms with Crippen LogP contribution in [-0.2, 0) is 34.0 Å². The topological polar surface area (TPSA) is 222 Å². The summed E-state index contributed by atoms with van der Waals surface area (Å²) < 4.78 is 20.9. The molecule has 4 aromatic carbocycles. The highest BCUT2D eigenvalue weighted by Gasteiger charge is 2.21. The maximum Gasteiger partial charge on any atom is 0.331 e. The third kappa shape index (κ3) is 10.9. The Morgan fingerprint density at radius 3 is 0.902 bits per heavy atom. The van der Waals surface area contributed by atoms with Gasteiger partial charge in [-0.1, -0.05) is 66.7 Å². The number of carbonyl (C=O) groups is 3. The number of nitrogens with zero attached hydrogens (tertiary/aromatic N) is 5. The predicted octanol–water partition coefficient (Wildman–Crippen LogP) is 10.3. The van der Waals surface area contributed by atoms with Crippen molar-refractivity contribution in [3.8, 4) is 67.5 Å². The summed E-state index contributed by atoms with van der Waals surface area (Å²) >= 11 is 0. The molecule has 6 aromatic heterocycles. The monoisotopic (exact) mass is 1080 g/mol. The molecule has 400 valence electrons. The van der Waals surface area contributed by atoms with Crippen LogP contribution in [0.1, 0.15) is 22.8 Å². The largest absolute Gasteiger partial charge is 0.508 e. The molecule has 0 unspecified atom stereocenters. The van der Waals surface area contributed by atoms with E-state index in [4.69, 9.17) is 24.2 Å². The molecule has 0 saturated heterocycles. The molecule has 82 heavy (non-hydrogen) atoms. The molecule has 8 bridgehead atoms. The molecular weight excluding hydrogens is 1040 g/mol. The lowest BCUT2D eigenvalue weighted by molar-refractivity contribution is -0.136. The lowest BCUT2D eigenvalue weighted by Crippen LogP contribution is -2.25. The summed E-state index contributed by atoms with van der Waals surface area (Å²) in [5, 5.41) is 10.4. The number of fused-ring (bicyclic) bond motifs is 8. The van der Waals surface area contributed by atoms with Gasteiger partial charge in [-0.05, 0) is 138 Å². The number of aromatic hydroxyl groups is 1. The summed E-state index contributed by atoms with van der Waals surface area (Å²) in [6.45, 7) is -0.833. The molecule has 2 aliphatic heterocycles. The first kappa shape index (κ1) is 51.3. The van der Waals surface area contributed by atoms with Gasteiger partial charge in [0.05, 0.1) is 22.8 Å². The summed E-state index contributed by atoms with van der Waals surface area (Å²) in [6.07, 6.45) is 12.2. The van der Waals surface area contributed by atoms with Gasteiger partial charge in [0, 0.05) is 81.1 Å². The number of rotatable bonds is 13. The van der Waals surface area contributed by atoms with Gasteiger partial charge < -0.3 is 43.0 Å². The minimum atomic E-state index is -0.629. The number of esters is 3. The van der Waals surface area contributed by atoms with E-state index >= 15 is 0 Å². The number of ether oxygens (including phenoxy) is 3. The number of phenolic OH excluding ortho intramolecular Hbond substituents is 1. The summed E-state index contributed by atoms with van der Waals surface area (Å²) in [6, 6.07) is 49.5. The average Bonchev–Trinajstić information content (AvgIpc) is 4.38. The van der Waals surface area contributed by atoms with E-state index in [1.807, 2.05) is 97.1 Å². The van der Waals surface area contributed by atoms with Gasteiger partial charge in [-0.2, -0.15) is 0 Å². The van der Waals surface area contributed by atoms with Gasteiger partial charge in [0.25, 0.3) is 16.7 Å². The Morgan fingerprint density at radius 2 is 0.634 bits per heavy atom. The molecule has 0 saturated carbocycles. The highest BCUT2D eigenvalue weighted by Crippen LogP contribution is 2.39. The van der Waals surface area contributed by atoms with E-state index in [1.54, 1.807) is 84.9 Å². The molecule has 3 N–H and O–H groups in total. The summed E-state index contributed by atoms with van der Waals surface area (Å²) in [4.78, 5) is 94.3. The normalized spacial score (nSPS) is 11.6. The number of aromatic nitrogens is 7. The molecular formula is C65H45N7O10. The first-order chi connectivity index (χ1) is 40.0. The van der Waals surface area contributed by atoms with Gasteiger partial charge in [-0.15, -0.1) is 0 Å². The van der Waals surface area contributed by atoms with Crippen LogP contribution in [0.3, 0.4) is 0 Å². The number of hydrogen-bond acceptors (Lipinski definition) is 12. The predicted molar refractivity (Wildman–Crippen MR) is 311 cm³/mol. The quantitative estimate of drug-likeness (QED) is 0.0725. The second-order valence-electron chi connectivity index (χ2n) is 19.0. The summed E-state index contributed by atoms with van der Waals surface area (Å²) in [7, 11) is 0. The van der Waals surface area contributed by atoms with Gasteiger partial charge in [-0.25, -0.2) is 24.4 Å². The molecule has 17 nitrogen and oxygen atoms in total. The minimum absolute atomic E-state index is 0.0902. The van der Waals surface area contributed by atoms with Crippen LogP contribution in [0.25, 0.3) is 90.9 Å². The second kappa shape index (κ2) is 22.1. The maximum absolute atomic E-state index is 13.1. The summed E-state index contributed by atoms with van der Waals surface area (Å²) in [5.41, 5.74) is 9.77. The molecule has 12 rings (SSSR count). The molecule has 0 atom stereocenters. The van der Waals surface area contributed by atoms with Gasteiger partial charge in [0.2, 0.25) is 0 Å². The third-order valence-electron chi connectivity index (χ3n) is 13.6. The van der Waals surface area contributed by atoms with Crippen molar-refractivity contribution in [2.24, 2.45) is 0 Å². The molecule has 2 aliphatic rings. The summed E-state index contributed by atoms with van der Waals surface area (Å²) in [5.74, 6) is -0.985. The third-order valence-corrected chi connectivity index (χ3v) is 13.6. The molecule has 0 radical (unpaired) electrons. The Morgan fingerprint density at radius 1 is 0.366 bits per heavy atom. The van der Waals surface area contributed by atoms with Crippen molar-refractivity contribution < 1.29 is 33.7 Å². The lowest BCUT2D eigenvalue weighted by atomic mass is 10.0. The van der Waals surface area contributed by atoms with Crippen molar-refractivity contribution in [1.82, 2.24) is 33.6 Å². The van der Waals surface area contributed by atoms with Gasteiger partial charge in [0.1, 0.15) is 42.6 Å². The Labute approximate surface area is 465 Å². The van der Waals surface area contributed by atoms with Crippen molar-refractivity contribution in [2.75, 3.05) is 0 Å². The van der Waals surface area contributed by atoms with Crippen molar-refractivity contribution in [3.05, 3.63) is 248 Å². The van der Waals surface area contributed by atoms with Crippen LogP contribution in [0.5, 0.6) is 23.0 Å². The number of aromatic amines is 2. The minimum Gasteiger partial charge on any atom is -0.508 e. The highest BCUT2D eigenvalue weighted by molar-refractivity contribution is 6.00. The average molecular weight is 1080 g/mol. The van der Waals surface area contributed by atoms with Crippen LogP contribution in [0.4, 0.5) is 0 Å². The number of H-pyrrole nitrogens is 2. The lowest BCUT2D eigenvalue weighted by Gasteiger charge is -2.09. The van der Waals surface area contributed by atoms with Crippen LogP contribution in [0, 0.1) is 0 Å². The van der Waals surface area contributed by atoms with E-state index in [0.29, 0.717) is 67.1 Å². The fourth-order valence-electron chi connectivity index (χ4n) is 9.80. The van der Waals surface area contributed by atoms with Crippen LogP contribution < -0.4 is 30.9 Å². The first-order valence-electron chi connectivity index (χ1n) is 25.8. The maximum atomic E-state index is 13.1. The van der Waals surface area contributed by atoms with E-state index in [1.165, 1.54) is 50.5 Å². The number of carbonyl (C=O) groups excluding carboxylic acids is 3. The number of benzene rings is 4. The molecule has 0 spiro atoms. The zero-order chi connectivity index (χ0) is 56.3. The Hall–Kier alpha value is -11.5. The fourth-order valence-corrected chi connectivity index (χ4v) is 9.80. The zero-order valence-electron chi connectivity index (χ0n) is 43.3. The highest BCUT2D eigenvalue weighted by atomic mass is 16.5. The smallest absolute Gasteiger partial charge is 0.331 e. The standard InChI is InChI=1S/C65H45N7O10/c73-44-18-10-40(11-19-44)62-48-26-28-50(66-48)63(41-12-20-45(21-13-41)80-59(77)37-70-34-4-1-7-56(70)74)52-30-32-54(68-52)65(43-16-24-47(25-17-43)82-61(79)39-72-36-6-3-9-58(72)76)55-33-31-53(69-55)64(51-29-27-49(62)67-51)42-14-22-46(23-15-42)81-60(78)38-71-35-5-2-8-57(71)75/h1-36,66,69,73H,37-39H2. The SMILES string of the molecule is O=C(Cn1ccccc1=O)Oc1ccc(-c2c3nc(c(-c4ccc(OC(=O)Cn5ccccc5=O)cc4)c4ccc([nH]4)c(-c4ccc(OC(=O)Cn5ccccc5=O)cc4)c4nc(c(-c5ccc(O)cc5)c5ccc2[nH]5)C=C4)C=C3)cc1. The van der Waals surface area contributed by atoms with E-state index in [0.717, 1.165) is 22.3 Å². The van der Waals surface area contributed by atoms with E-state index in [9.17, 15) is 33.9 Å². The van der Waals surface area contributed by atoms with E-state index < -0.39 is 17.9 Å². The molecule has 0 amide bonds. The van der Waals surface area contributed by atoms with Gasteiger partial charge in [0.15, 0.2) is 0 Å². The molecule has 0 fully saturated rings. The number of phenols is 1. The van der Waals surface area contributed by atoms with Crippen molar-refractivity contribution in [2.45, 2.75) is 19.6 Å². The molecule has 17 heteroatoms. The first-order valence-corrected chi connectivity index (χ1v) is 25.8. The second-order valence-corrected chi connectivity index (χ2v) is 19.0. The molecule has 8 heterocycles. The van der Waals surface area contributed by atoms with Crippen LogP contribution >= 0.6 is 0 Å². The Balaban J connectivity index is 1.03. The molecule has 0 aliphatic carbocycles. The fraction of sp³-hybridized carbons (Fsp3) is 0.0462. The van der Waals surface area contributed by atoms with Crippen LogP contribution in [0.15, 0.2) is 209 Å². The number of hydrogen-bond donors (Lipinski definition) is 3. The van der Waals surface area contributed by atoms with E-state index in [2.05, 4.69) is 9.97 Å². The van der Waals surface area contributed by atoms with Gasteiger partial charge in [-0.3, -0.25) is 14.4 Å². The van der Waals surface area contributed by atoms with Crippen LogP contribution in [-0.4, -0.2) is 56.7 Å². The van der Waals surface area contributed by atoms with E-state index in [-0.39, 0.29) is 59.3 Å². The van der Waals surface area contributed by atoms with Crippen molar-refractivity contribution in [1.29, 1.82) is 0 Å². The van der Waals surface area contributed by atoms with Crippen LogP contribution in [0.2, 0.25) is 0 Å². The van der Waals surface area contributed by atoms with Crippen molar-refractivity contribution in [3.63, 3.8) is 0 Å². The Kier molecular flexibility index (Phi) is 13.8. The number of nitrogens with one attached hydrogen (secondary N) is 2.